The highest BCUT2D eigenvalue weighted by Gasteiger charge is 2.62. The Balaban J connectivity index is 1.70. The third-order valence-corrected chi connectivity index (χ3v) is 3.85. The van der Waals surface area contributed by atoms with Crippen LogP contribution >= 0.6 is 0 Å². The zero-order chi connectivity index (χ0) is 9.00. The van der Waals surface area contributed by atoms with Crippen LogP contribution in [0.2, 0.25) is 0 Å². The molecule has 3 nitrogen and oxygen atoms in total. The first-order chi connectivity index (χ1) is 6.31. The van der Waals surface area contributed by atoms with Gasteiger partial charge in [0.25, 0.3) is 0 Å². The van der Waals surface area contributed by atoms with Gasteiger partial charge in [0.2, 0.25) is 0 Å². The molecule has 0 aromatic rings. The van der Waals surface area contributed by atoms with Crippen molar-refractivity contribution in [3.8, 4) is 0 Å². The van der Waals surface area contributed by atoms with Gasteiger partial charge in [-0.15, -0.1) is 0 Å². The summed E-state index contributed by atoms with van der Waals surface area (Å²) in [7, 11) is 0. The molecule has 1 heterocycles. The van der Waals surface area contributed by atoms with Crippen molar-refractivity contribution in [2.45, 2.75) is 31.8 Å². The minimum Gasteiger partial charge on any atom is -0.465 e. The van der Waals surface area contributed by atoms with Crippen LogP contribution in [0.4, 0.5) is 0 Å². The van der Waals surface area contributed by atoms with Crippen molar-refractivity contribution in [3.63, 3.8) is 0 Å². The summed E-state index contributed by atoms with van der Waals surface area (Å²) >= 11 is 0. The molecule has 1 N–H and O–H groups in total. The molecule has 2 aliphatic carbocycles. The van der Waals surface area contributed by atoms with Gasteiger partial charge in [-0.05, 0) is 37.5 Å². The zero-order valence-electron chi connectivity index (χ0n) is 7.82. The highest BCUT2D eigenvalue weighted by atomic mass is 16.5. The van der Waals surface area contributed by atoms with Crippen LogP contribution in [0.5, 0.6) is 0 Å². The Hall–Kier alpha value is -0.570. The number of fused-ring (bicyclic) bond motifs is 5. The van der Waals surface area contributed by atoms with Crippen molar-refractivity contribution in [3.05, 3.63) is 0 Å². The fourth-order valence-electron chi connectivity index (χ4n) is 3.24. The molecule has 2 bridgehead atoms. The van der Waals surface area contributed by atoms with Gasteiger partial charge in [0.1, 0.15) is 6.04 Å². The lowest BCUT2D eigenvalue weighted by Crippen LogP contribution is -2.43. The van der Waals surface area contributed by atoms with E-state index in [1.54, 1.807) is 0 Å². The molecule has 0 amide bonds. The van der Waals surface area contributed by atoms with E-state index in [0.29, 0.717) is 18.6 Å². The smallest absolute Gasteiger partial charge is 0.323 e. The van der Waals surface area contributed by atoms with Crippen molar-refractivity contribution < 1.29 is 9.53 Å². The van der Waals surface area contributed by atoms with E-state index in [9.17, 15) is 4.79 Å². The third-order valence-electron chi connectivity index (χ3n) is 3.85. The van der Waals surface area contributed by atoms with Crippen molar-refractivity contribution in [1.29, 1.82) is 0 Å². The number of carbonyl (C=O) groups excluding carboxylic acids is 1. The number of piperidine rings is 1. The van der Waals surface area contributed by atoms with Crippen molar-refractivity contribution >= 4 is 5.97 Å². The van der Waals surface area contributed by atoms with Crippen molar-refractivity contribution in [2.24, 2.45) is 17.8 Å². The van der Waals surface area contributed by atoms with Gasteiger partial charge in [0.05, 0.1) is 6.61 Å². The van der Waals surface area contributed by atoms with E-state index in [2.05, 4.69) is 5.32 Å². The van der Waals surface area contributed by atoms with E-state index in [1.807, 2.05) is 6.92 Å². The van der Waals surface area contributed by atoms with Crippen molar-refractivity contribution in [2.75, 3.05) is 6.61 Å². The molecule has 1 aliphatic heterocycles. The maximum absolute atomic E-state index is 11.5. The van der Waals surface area contributed by atoms with Crippen LogP contribution in [0.25, 0.3) is 0 Å². The molecule has 1 saturated heterocycles. The van der Waals surface area contributed by atoms with Gasteiger partial charge in [-0.3, -0.25) is 4.79 Å². The highest BCUT2D eigenvalue weighted by molar-refractivity contribution is 5.77. The maximum atomic E-state index is 11.5. The Morgan fingerprint density at radius 3 is 2.85 bits per heavy atom. The minimum atomic E-state index is -0.0275. The first kappa shape index (κ1) is 7.80. The maximum Gasteiger partial charge on any atom is 0.323 e. The van der Waals surface area contributed by atoms with Crippen LogP contribution < -0.4 is 5.32 Å². The Morgan fingerprint density at radius 1 is 1.38 bits per heavy atom. The van der Waals surface area contributed by atoms with E-state index in [1.165, 1.54) is 12.8 Å². The lowest BCUT2D eigenvalue weighted by molar-refractivity contribution is -0.146. The summed E-state index contributed by atoms with van der Waals surface area (Å²) in [5, 5.41) is 3.39. The summed E-state index contributed by atoms with van der Waals surface area (Å²) in [6.45, 7) is 2.37. The molecular weight excluding hydrogens is 166 g/mol. The number of nitrogens with one attached hydrogen (secondary N) is 1. The molecule has 13 heavy (non-hydrogen) atoms. The summed E-state index contributed by atoms with van der Waals surface area (Å²) in [5.41, 5.74) is 0. The standard InChI is InChI=1S/C10H15NO2/c1-2-13-10(12)9-7-4-8(11-9)6-3-5(6)7/h5-9,11H,2-4H2,1H3. The van der Waals surface area contributed by atoms with E-state index in [-0.39, 0.29) is 12.0 Å². The SMILES string of the molecule is CCOC(=O)C1NC2CC1C1CC21. The Bertz CT molecular complexity index is 253. The molecule has 5 atom stereocenters. The number of hydrogen-bond acceptors (Lipinski definition) is 3. The summed E-state index contributed by atoms with van der Waals surface area (Å²) in [6, 6.07) is 0.651. The molecule has 3 aliphatic rings. The monoisotopic (exact) mass is 181 g/mol. The van der Waals surface area contributed by atoms with Gasteiger partial charge >= 0.3 is 5.97 Å². The van der Waals surface area contributed by atoms with Gasteiger partial charge in [0.15, 0.2) is 0 Å². The first-order valence-electron chi connectivity index (χ1n) is 5.24. The van der Waals surface area contributed by atoms with Gasteiger partial charge in [-0.2, -0.15) is 0 Å². The lowest BCUT2D eigenvalue weighted by atomic mass is 9.97. The fourth-order valence-corrected chi connectivity index (χ4v) is 3.24. The Labute approximate surface area is 77.8 Å². The second-order valence-corrected chi connectivity index (χ2v) is 4.47. The van der Waals surface area contributed by atoms with Crippen LogP contribution in [-0.4, -0.2) is 24.7 Å². The average Bonchev–Trinajstić information content (AvgIpc) is 2.72. The number of ether oxygens (including phenoxy) is 1. The minimum absolute atomic E-state index is 0.0219. The predicted octanol–water partition coefficient (Wildman–Crippen LogP) is 0.546. The Morgan fingerprint density at radius 2 is 2.23 bits per heavy atom. The lowest BCUT2D eigenvalue weighted by Gasteiger charge is -2.20. The summed E-state index contributed by atoms with van der Waals surface area (Å²) in [5.74, 6) is 2.31. The number of rotatable bonds is 2. The molecule has 3 rings (SSSR count). The van der Waals surface area contributed by atoms with Gasteiger partial charge in [-0.25, -0.2) is 0 Å². The quantitative estimate of drug-likeness (QED) is 0.632. The van der Waals surface area contributed by atoms with Crippen molar-refractivity contribution in [1.82, 2.24) is 5.32 Å². The molecular formula is C10H15NO2. The third kappa shape index (κ3) is 0.966. The normalized spacial score (nSPS) is 50.4. The first-order valence-corrected chi connectivity index (χ1v) is 5.24. The van der Waals surface area contributed by atoms with Crippen LogP contribution in [0, 0.1) is 17.8 Å². The molecule has 3 fully saturated rings. The highest BCUT2D eigenvalue weighted by Crippen LogP contribution is 2.60. The molecule has 0 aromatic heterocycles. The molecule has 72 valence electrons. The Kier molecular flexibility index (Phi) is 1.48. The second kappa shape index (κ2) is 2.47. The average molecular weight is 181 g/mol. The molecule has 3 heteroatoms. The van der Waals surface area contributed by atoms with Gasteiger partial charge in [0, 0.05) is 6.04 Å². The van der Waals surface area contributed by atoms with Gasteiger partial charge in [-0.1, -0.05) is 0 Å². The second-order valence-electron chi connectivity index (χ2n) is 4.47. The predicted molar refractivity (Wildman–Crippen MR) is 47.0 cm³/mol. The van der Waals surface area contributed by atoms with E-state index >= 15 is 0 Å². The number of esters is 1. The summed E-state index contributed by atoms with van der Waals surface area (Å²) in [6.07, 6.45) is 2.55. The largest absolute Gasteiger partial charge is 0.465 e. The van der Waals surface area contributed by atoms with E-state index < -0.39 is 0 Å². The fraction of sp³-hybridized carbons (Fsp3) is 0.900. The topological polar surface area (TPSA) is 38.3 Å². The molecule has 0 spiro atoms. The summed E-state index contributed by atoms with van der Waals surface area (Å²) < 4.78 is 5.04. The molecule has 2 saturated carbocycles. The van der Waals surface area contributed by atoms with Crippen LogP contribution in [0.1, 0.15) is 19.8 Å². The molecule has 5 unspecified atom stereocenters. The van der Waals surface area contributed by atoms with Gasteiger partial charge < -0.3 is 10.1 Å². The van der Waals surface area contributed by atoms with Crippen LogP contribution in [0.15, 0.2) is 0 Å². The molecule has 0 radical (unpaired) electrons. The molecule has 0 aromatic carbocycles. The number of carbonyl (C=O) groups is 1. The van der Waals surface area contributed by atoms with Crippen LogP contribution in [0.3, 0.4) is 0 Å². The van der Waals surface area contributed by atoms with E-state index in [0.717, 1.165) is 11.8 Å². The van der Waals surface area contributed by atoms with E-state index in [4.69, 9.17) is 4.74 Å². The zero-order valence-corrected chi connectivity index (χ0v) is 7.82. The van der Waals surface area contributed by atoms with Crippen LogP contribution in [-0.2, 0) is 9.53 Å². The summed E-state index contributed by atoms with van der Waals surface area (Å²) in [4.78, 5) is 11.5. The number of hydrogen-bond donors (Lipinski definition) is 1.